The molecule has 0 saturated carbocycles. The van der Waals surface area contributed by atoms with Crippen LogP contribution in [-0.4, -0.2) is 27.2 Å². The number of hydrogen-bond acceptors (Lipinski definition) is 6. The van der Waals surface area contributed by atoms with Gasteiger partial charge in [0.05, 0.1) is 28.7 Å². The van der Waals surface area contributed by atoms with Crippen LogP contribution in [0.4, 0.5) is 36.2 Å². The number of aromatic nitrogens is 3. The molecule has 0 spiro atoms. The van der Waals surface area contributed by atoms with Gasteiger partial charge in [0, 0.05) is 41.1 Å². The summed E-state index contributed by atoms with van der Waals surface area (Å²) < 4.78 is 38.7. The monoisotopic (exact) mass is 478 g/mol. The van der Waals surface area contributed by atoms with Gasteiger partial charge in [-0.2, -0.15) is 13.2 Å². The largest absolute Gasteiger partial charge is 0.416 e. The Bertz CT molecular complexity index is 1350. The smallest absolute Gasteiger partial charge is 0.383 e. The van der Waals surface area contributed by atoms with Gasteiger partial charge in [-0.25, -0.2) is 15.0 Å². The number of halogens is 3. The van der Waals surface area contributed by atoms with Crippen LogP contribution in [0.3, 0.4) is 0 Å². The van der Waals surface area contributed by atoms with E-state index in [2.05, 4.69) is 44.4 Å². The fourth-order valence-electron chi connectivity index (χ4n) is 3.53. The van der Waals surface area contributed by atoms with Crippen molar-refractivity contribution >= 4 is 40.1 Å². The molecule has 35 heavy (non-hydrogen) atoms. The molecule has 4 rings (SSSR count). The van der Waals surface area contributed by atoms with Crippen molar-refractivity contribution in [2.45, 2.75) is 39.4 Å². The van der Waals surface area contributed by atoms with Gasteiger partial charge in [-0.15, -0.1) is 0 Å². The summed E-state index contributed by atoms with van der Waals surface area (Å²) in [6.45, 7) is 6.08. The molecule has 2 heterocycles. The Kier molecular flexibility index (Phi) is 6.95. The summed E-state index contributed by atoms with van der Waals surface area (Å²) in [4.78, 5) is 17.8. The molecule has 0 aliphatic carbocycles. The number of hydrogen-bond donors (Lipinski definition) is 2. The Morgan fingerprint density at radius 3 is 2.49 bits per heavy atom. The minimum Gasteiger partial charge on any atom is -0.383 e. The molecule has 2 N–H and O–H groups in total. The molecule has 0 fully saturated rings. The second kappa shape index (κ2) is 10.1. The lowest BCUT2D eigenvalue weighted by molar-refractivity contribution is -0.137. The number of pyridine rings is 1. The van der Waals surface area contributed by atoms with Crippen LogP contribution in [-0.2, 0) is 12.6 Å². The molecule has 2 aromatic heterocycles. The van der Waals surface area contributed by atoms with Crippen molar-refractivity contribution in [1.82, 2.24) is 15.0 Å². The van der Waals surface area contributed by atoms with E-state index in [1.165, 1.54) is 6.07 Å². The molecule has 0 saturated heterocycles. The second-order valence-corrected chi connectivity index (χ2v) is 8.40. The van der Waals surface area contributed by atoms with E-state index in [0.717, 1.165) is 40.1 Å². The molecule has 0 radical (unpaired) electrons. The molecule has 2 aromatic carbocycles. The lowest BCUT2D eigenvalue weighted by Gasteiger charge is -2.11. The fraction of sp³-hybridized carbons (Fsp3) is 0.231. The van der Waals surface area contributed by atoms with Crippen LogP contribution in [0.15, 0.2) is 65.8 Å². The highest BCUT2D eigenvalue weighted by atomic mass is 19.4. The van der Waals surface area contributed by atoms with Crippen molar-refractivity contribution in [3.8, 4) is 0 Å². The molecule has 0 amide bonds. The van der Waals surface area contributed by atoms with Gasteiger partial charge in [-0.3, -0.25) is 4.98 Å². The lowest BCUT2D eigenvalue weighted by Crippen LogP contribution is -2.09. The van der Waals surface area contributed by atoms with Crippen LogP contribution < -0.4 is 10.6 Å². The van der Waals surface area contributed by atoms with Crippen LogP contribution in [0, 0.1) is 6.92 Å². The number of aliphatic imine (C=N–C) groups is 1. The van der Waals surface area contributed by atoms with E-state index in [4.69, 9.17) is 0 Å². The Labute approximate surface area is 201 Å². The molecule has 0 atom stereocenters. The van der Waals surface area contributed by atoms with Crippen LogP contribution in [0.1, 0.15) is 30.8 Å². The zero-order valence-electron chi connectivity index (χ0n) is 19.6. The van der Waals surface area contributed by atoms with E-state index in [9.17, 15) is 13.2 Å². The Morgan fingerprint density at radius 2 is 1.77 bits per heavy atom. The first-order chi connectivity index (χ1) is 16.7. The van der Waals surface area contributed by atoms with Crippen molar-refractivity contribution in [2.75, 3.05) is 10.6 Å². The molecule has 9 heteroatoms. The second-order valence-electron chi connectivity index (χ2n) is 8.40. The van der Waals surface area contributed by atoms with Gasteiger partial charge in [0.15, 0.2) is 0 Å². The van der Waals surface area contributed by atoms with Gasteiger partial charge < -0.3 is 10.6 Å². The summed E-state index contributed by atoms with van der Waals surface area (Å²) >= 11 is 0. The fourth-order valence-corrected chi connectivity index (χ4v) is 3.53. The summed E-state index contributed by atoms with van der Waals surface area (Å²) in [7, 11) is 0. The van der Waals surface area contributed by atoms with Gasteiger partial charge in [0.25, 0.3) is 0 Å². The molecular weight excluding hydrogens is 453 g/mol. The third-order valence-corrected chi connectivity index (χ3v) is 5.14. The first-order valence-corrected chi connectivity index (χ1v) is 11.1. The zero-order chi connectivity index (χ0) is 25.0. The summed E-state index contributed by atoms with van der Waals surface area (Å²) in [6, 6.07) is 14.9. The summed E-state index contributed by atoms with van der Waals surface area (Å²) in [5, 5.41) is 7.29. The lowest BCUT2D eigenvalue weighted by atomic mass is 10.1. The highest BCUT2D eigenvalue weighted by Gasteiger charge is 2.30. The first-order valence-electron chi connectivity index (χ1n) is 11.1. The maximum Gasteiger partial charge on any atom is 0.416 e. The number of rotatable bonds is 7. The number of anilines is 3. The Hall–Kier alpha value is -4.01. The standard InChI is InChI=1S/C26H25F3N6/c1-16(2)32-21-9-10-23-17(3)33-25(35-24(23)14-21)30-12-11-19-7-8-22(15-31-19)34-20-6-4-5-18(13-20)26(27,28)29/h4-10,12-16,32,34H,11H2,1-3H3. The normalized spacial score (nSPS) is 12.0. The highest BCUT2D eigenvalue weighted by molar-refractivity contribution is 5.85. The Balaban J connectivity index is 1.42. The number of aryl methyl sites for hydroxylation is 1. The SMILES string of the molecule is Cc1nc(N=CCc2ccc(Nc3cccc(C(F)(F)F)c3)cn2)nc2cc(NC(C)C)ccc12. The maximum absolute atomic E-state index is 12.9. The molecular formula is C26H25F3N6. The molecule has 6 nitrogen and oxygen atoms in total. The van der Waals surface area contributed by atoms with E-state index in [-0.39, 0.29) is 0 Å². The molecule has 0 unspecified atom stereocenters. The minimum absolute atomic E-state index is 0.312. The molecule has 0 aliphatic heterocycles. The molecule has 0 aliphatic rings. The third-order valence-electron chi connectivity index (χ3n) is 5.14. The van der Waals surface area contributed by atoms with E-state index < -0.39 is 11.7 Å². The Morgan fingerprint density at radius 1 is 0.971 bits per heavy atom. The van der Waals surface area contributed by atoms with Gasteiger partial charge in [-0.1, -0.05) is 6.07 Å². The van der Waals surface area contributed by atoms with Crippen molar-refractivity contribution < 1.29 is 13.2 Å². The topological polar surface area (TPSA) is 75.1 Å². The number of nitrogens with one attached hydrogen (secondary N) is 2. The predicted molar refractivity (Wildman–Crippen MR) is 134 cm³/mol. The van der Waals surface area contributed by atoms with Crippen molar-refractivity contribution in [3.63, 3.8) is 0 Å². The summed E-state index contributed by atoms with van der Waals surface area (Å²) in [5.41, 5.74) is 3.63. The molecule has 0 bridgehead atoms. The minimum atomic E-state index is -4.39. The van der Waals surface area contributed by atoms with Crippen molar-refractivity contribution in [1.29, 1.82) is 0 Å². The number of fused-ring (bicyclic) bond motifs is 1. The van der Waals surface area contributed by atoms with Gasteiger partial charge in [0.1, 0.15) is 0 Å². The maximum atomic E-state index is 12.9. The van der Waals surface area contributed by atoms with Gasteiger partial charge in [-0.05, 0) is 69.3 Å². The van der Waals surface area contributed by atoms with Crippen LogP contribution in [0.2, 0.25) is 0 Å². The van der Waals surface area contributed by atoms with E-state index >= 15 is 0 Å². The average molecular weight is 479 g/mol. The average Bonchev–Trinajstić information content (AvgIpc) is 2.79. The quantitative estimate of drug-likeness (QED) is 0.284. The van der Waals surface area contributed by atoms with Crippen LogP contribution >= 0.6 is 0 Å². The van der Waals surface area contributed by atoms with Gasteiger partial charge in [0.2, 0.25) is 5.95 Å². The summed E-state index contributed by atoms with van der Waals surface area (Å²) in [5.74, 6) is 0.375. The van der Waals surface area contributed by atoms with Crippen LogP contribution in [0.25, 0.3) is 10.9 Å². The highest BCUT2D eigenvalue weighted by Crippen LogP contribution is 2.31. The van der Waals surface area contributed by atoms with Crippen molar-refractivity contribution in [2.24, 2.45) is 4.99 Å². The zero-order valence-corrected chi connectivity index (χ0v) is 19.6. The predicted octanol–water partition coefficient (Wildman–Crippen LogP) is 6.86. The van der Waals surface area contributed by atoms with Gasteiger partial charge >= 0.3 is 6.18 Å². The number of benzene rings is 2. The van der Waals surface area contributed by atoms with Crippen molar-refractivity contribution in [3.05, 3.63) is 77.7 Å². The van der Waals surface area contributed by atoms with E-state index in [1.54, 1.807) is 30.6 Å². The van der Waals surface area contributed by atoms with E-state index in [0.29, 0.717) is 29.8 Å². The molecule has 4 aromatic rings. The van der Waals surface area contributed by atoms with Crippen LogP contribution in [0.5, 0.6) is 0 Å². The first kappa shape index (κ1) is 24.1. The number of nitrogens with zero attached hydrogens (tertiary/aromatic N) is 4. The number of alkyl halides is 3. The van der Waals surface area contributed by atoms with E-state index in [1.807, 2.05) is 25.1 Å². The molecule has 180 valence electrons. The summed E-state index contributed by atoms with van der Waals surface area (Å²) in [6.07, 6.45) is -0.665. The third kappa shape index (κ3) is 6.32.